The Bertz CT molecular complexity index is 273. The van der Waals surface area contributed by atoms with Gasteiger partial charge in [-0.2, -0.15) is 0 Å². The van der Waals surface area contributed by atoms with Gasteiger partial charge in [0.2, 0.25) is 0 Å². The SMILES string of the molecule is Cc1ccc(Br)c(CCl)c1F. The van der Waals surface area contributed by atoms with E-state index in [0.29, 0.717) is 11.1 Å². The Morgan fingerprint density at radius 3 is 2.64 bits per heavy atom. The second-order valence-electron chi connectivity index (χ2n) is 2.29. The molecule has 0 fully saturated rings. The van der Waals surface area contributed by atoms with Crippen molar-refractivity contribution >= 4 is 27.5 Å². The monoisotopic (exact) mass is 236 g/mol. The molecule has 0 bridgehead atoms. The molecule has 60 valence electrons. The fraction of sp³-hybridized carbons (Fsp3) is 0.250. The average Bonchev–Trinajstić information content (AvgIpc) is 1.99. The summed E-state index contributed by atoms with van der Waals surface area (Å²) in [5.41, 5.74) is 1.16. The lowest BCUT2D eigenvalue weighted by molar-refractivity contribution is 0.606. The molecule has 11 heavy (non-hydrogen) atoms. The smallest absolute Gasteiger partial charge is 0.131 e. The van der Waals surface area contributed by atoms with E-state index in [4.69, 9.17) is 11.6 Å². The van der Waals surface area contributed by atoms with Gasteiger partial charge >= 0.3 is 0 Å². The first kappa shape index (κ1) is 9.01. The minimum absolute atomic E-state index is 0.202. The van der Waals surface area contributed by atoms with Crippen molar-refractivity contribution in [2.75, 3.05) is 0 Å². The highest BCUT2D eigenvalue weighted by atomic mass is 79.9. The second kappa shape index (κ2) is 3.55. The number of hydrogen-bond acceptors (Lipinski definition) is 0. The standard InChI is InChI=1S/C8H7BrClF/c1-5-2-3-7(9)6(4-10)8(5)11/h2-3H,4H2,1H3. The molecule has 1 aromatic carbocycles. The molecular weight excluding hydrogens is 230 g/mol. The van der Waals surface area contributed by atoms with Gasteiger partial charge in [-0.05, 0) is 18.6 Å². The van der Waals surface area contributed by atoms with E-state index in [0.717, 1.165) is 4.47 Å². The van der Waals surface area contributed by atoms with E-state index in [1.165, 1.54) is 0 Å². The summed E-state index contributed by atoms with van der Waals surface area (Å²) in [7, 11) is 0. The third-order valence-electron chi connectivity index (χ3n) is 1.51. The van der Waals surface area contributed by atoms with Gasteiger partial charge in [0.25, 0.3) is 0 Å². The Kier molecular flexibility index (Phi) is 2.90. The van der Waals surface area contributed by atoms with Crippen LogP contribution >= 0.6 is 27.5 Å². The summed E-state index contributed by atoms with van der Waals surface area (Å²) in [6.45, 7) is 1.72. The quantitative estimate of drug-likeness (QED) is 0.654. The fourth-order valence-electron chi connectivity index (χ4n) is 0.837. The molecule has 0 nitrogen and oxygen atoms in total. The zero-order chi connectivity index (χ0) is 8.43. The first-order valence-corrected chi connectivity index (χ1v) is 4.49. The average molecular weight is 237 g/mol. The maximum Gasteiger partial charge on any atom is 0.131 e. The third-order valence-corrected chi connectivity index (χ3v) is 2.52. The highest BCUT2D eigenvalue weighted by Crippen LogP contribution is 2.23. The van der Waals surface area contributed by atoms with Crippen LogP contribution in [0.1, 0.15) is 11.1 Å². The van der Waals surface area contributed by atoms with Crippen LogP contribution in [0.3, 0.4) is 0 Å². The topological polar surface area (TPSA) is 0 Å². The summed E-state index contributed by atoms with van der Waals surface area (Å²) >= 11 is 8.76. The van der Waals surface area contributed by atoms with Gasteiger partial charge in [0.1, 0.15) is 5.82 Å². The van der Waals surface area contributed by atoms with Crippen LogP contribution in [0.25, 0.3) is 0 Å². The minimum atomic E-state index is -0.214. The molecule has 0 N–H and O–H groups in total. The largest absolute Gasteiger partial charge is 0.206 e. The van der Waals surface area contributed by atoms with Gasteiger partial charge in [-0.25, -0.2) is 4.39 Å². The number of alkyl halides is 1. The molecule has 0 unspecified atom stereocenters. The van der Waals surface area contributed by atoms with Gasteiger partial charge < -0.3 is 0 Å². The van der Waals surface area contributed by atoms with E-state index in [1.54, 1.807) is 19.1 Å². The molecule has 0 spiro atoms. The first-order valence-electron chi connectivity index (χ1n) is 3.16. The molecule has 0 heterocycles. The zero-order valence-electron chi connectivity index (χ0n) is 6.00. The van der Waals surface area contributed by atoms with Crippen molar-refractivity contribution in [1.29, 1.82) is 0 Å². The van der Waals surface area contributed by atoms with E-state index in [2.05, 4.69) is 15.9 Å². The summed E-state index contributed by atoms with van der Waals surface area (Å²) < 4.78 is 13.9. The summed E-state index contributed by atoms with van der Waals surface area (Å²) in [6.07, 6.45) is 0. The highest BCUT2D eigenvalue weighted by Gasteiger charge is 2.07. The van der Waals surface area contributed by atoms with Crippen LogP contribution in [0.4, 0.5) is 4.39 Å². The van der Waals surface area contributed by atoms with Crippen LogP contribution in [-0.2, 0) is 5.88 Å². The molecular formula is C8H7BrClF. The minimum Gasteiger partial charge on any atom is -0.206 e. The van der Waals surface area contributed by atoms with Crippen LogP contribution in [0.15, 0.2) is 16.6 Å². The lowest BCUT2D eigenvalue weighted by atomic mass is 10.1. The number of hydrogen-bond donors (Lipinski definition) is 0. The molecule has 0 saturated heterocycles. The van der Waals surface area contributed by atoms with Crippen molar-refractivity contribution in [3.8, 4) is 0 Å². The van der Waals surface area contributed by atoms with Crippen LogP contribution in [0, 0.1) is 12.7 Å². The van der Waals surface area contributed by atoms with E-state index in [1.807, 2.05) is 0 Å². The second-order valence-corrected chi connectivity index (χ2v) is 3.41. The van der Waals surface area contributed by atoms with Crippen LogP contribution in [0.5, 0.6) is 0 Å². The van der Waals surface area contributed by atoms with E-state index >= 15 is 0 Å². The Balaban J connectivity index is 3.29. The third kappa shape index (κ3) is 1.74. The van der Waals surface area contributed by atoms with Gasteiger partial charge in [0.15, 0.2) is 0 Å². The Labute approximate surface area is 78.5 Å². The van der Waals surface area contributed by atoms with Crippen LogP contribution < -0.4 is 0 Å². The summed E-state index contributed by atoms with van der Waals surface area (Å²) in [5.74, 6) is -0.0111. The first-order chi connectivity index (χ1) is 5.16. The molecule has 0 radical (unpaired) electrons. The molecule has 0 atom stereocenters. The molecule has 0 aliphatic rings. The molecule has 3 heteroatoms. The van der Waals surface area contributed by atoms with E-state index < -0.39 is 0 Å². The van der Waals surface area contributed by atoms with Gasteiger partial charge in [-0.15, -0.1) is 11.6 Å². The molecule has 1 aromatic rings. The normalized spacial score (nSPS) is 10.2. The van der Waals surface area contributed by atoms with Gasteiger partial charge in [0, 0.05) is 10.0 Å². The molecule has 0 aliphatic carbocycles. The van der Waals surface area contributed by atoms with Gasteiger partial charge in [-0.3, -0.25) is 0 Å². The van der Waals surface area contributed by atoms with Crippen molar-refractivity contribution < 1.29 is 4.39 Å². The molecule has 0 saturated carbocycles. The maximum absolute atomic E-state index is 13.1. The van der Waals surface area contributed by atoms with Crippen LogP contribution in [-0.4, -0.2) is 0 Å². The van der Waals surface area contributed by atoms with Crippen molar-refractivity contribution in [3.05, 3.63) is 33.5 Å². The summed E-state index contributed by atoms with van der Waals surface area (Å²) in [6, 6.07) is 3.52. The number of rotatable bonds is 1. The lowest BCUT2D eigenvalue weighted by Crippen LogP contribution is -1.91. The van der Waals surface area contributed by atoms with Crippen molar-refractivity contribution in [1.82, 2.24) is 0 Å². The maximum atomic E-state index is 13.1. The van der Waals surface area contributed by atoms with E-state index in [9.17, 15) is 4.39 Å². The highest BCUT2D eigenvalue weighted by molar-refractivity contribution is 9.10. The molecule has 0 aliphatic heterocycles. The predicted molar refractivity (Wildman–Crippen MR) is 48.4 cm³/mol. The fourth-order valence-corrected chi connectivity index (χ4v) is 1.71. The zero-order valence-corrected chi connectivity index (χ0v) is 8.34. The lowest BCUT2D eigenvalue weighted by Gasteiger charge is -2.03. The van der Waals surface area contributed by atoms with Crippen LogP contribution in [0.2, 0.25) is 0 Å². The number of halogens is 3. The number of benzene rings is 1. The Morgan fingerprint density at radius 1 is 1.55 bits per heavy atom. The predicted octanol–water partition coefficient (Wildman–Crippen LogP) is 3.64. The summed E-state index contributed by atoms with van der Waals surface area (Å²) in [5, 5.41) is 0. The number of aryl methyl sites for hydroxylation is 1. The molecule has 1 rings (SSSR count). The molecule has 0 amide bonds. The van der Waals surface area contributed by atoms with Gasteiger partial charge in [0.05, 0.1) is 5.88 Å². The summed E-state index contributed by atoms with van der Waals surface area (Å²) in [4.78, 5) is 0. The van der Waals surface area contributed by atoms with Gasteiger partial charge in [-0.1, -0.05) is 22.0 Å². The Hall–Kier alpha value is -0.0800. The Morgan fingerprint density at radius 2 is 2.18 bits per heavy atom. The molecule has 0 aromatic heterocycles. The van der Waals surface area contributed by atoms with Crippen molar-refractivity contribution in [2.24, 2.45) is 0 Å². The van der Waals surface area contributed by atoms with Crippen molar-refractivity contribution in [3.63, 3.8) is 0 Å². The van der Waals surface area contributed by atoms with E-state index in [-0.39, 0.29) is 11.7 Å². The van der Waals surface area contributed by atoms with Crippen molar-refractivity contribution in [2.45, 2.75) is 12.8 Å².